The molecule has 1 aliphatic rings. The van der Waals surface area contributed by atoms with Crippen LogP contribution in [0.3, 0.4) is 0 Å². The van der Waals surface area contributed by atoms with E-state index in [9.17, 15) is 22.4 Å². The number of rotatable bonds is 6. The molecule has 28 heavy (non-hydrogen) atoms. The summed E-state index contributed by atoms with van der Waals surface area (Å²) in [5, 5.41) is 0. The van der Waals surface area contributed by atoms with E-state index in [1.807, 2.05) is 0 Å². The second-order valence-electron chi connectivity index (χ2n) is 6.70. The quantitative estimate of drug-likeness (QED) is 0.541. The van der Waals surface area contributed by atoms with Crippen molar-refractivity contribution in [3.63, 3.8) is 0 Å². The second-order valence-corrected chi connectivity index (χ2v) is 8.64. The van der Waals surface area contributed by atoms with Crippen LogP contribution in [0, 0.1) is 5.82 Å². The number of carbonyl (C=O) groups is 2. The first-order valence-corrected chi connectivity index (χ1v) is 10.3. The maximum atomic E-state index is 13.0. The van der Waals surface area contributed by atoms with Gasteiger partial charge in [-0.2, -0.15) is 4.31 Å². The van der Waals surface area contributed by atoms with Gasteiger partial charge >= 0.3 is 5.97 Å². The van der Waals surface area contributed by atoms with Gasteiger partial charge in [-0.3, -0.25) is 4.79 Å². The second kappa shape index (κ2) is 7.84. The van der Waals surface area contributed by atoms with Crippen molar-refractivity contribution in [2.45, 2.75) is 30.8 Å². The Labute approximate surface area is 162 Å². The van der Waals surface area contributed by atoms with Crippen LogP contribution in [-0.4, -0.2) is 48.2 Å². The Kier molecular flexibility index (Phi) is 5.66. The number of hydrogen-bond donors (Lipinski definition) is 0. The van der Waals surface area contributed by atoms with Crippen LogP contribution in [0.4, 0.5) is 4.39 Å². The van der Waals surface area contributed by atoms with Gasteiger partial charge < -0.3 is 9.30 Å². The molecule has 0 radical (unpaired) electrons. The molecule has 0 amide bonds. The Balaban J connectivity index is 1.75. The molecule has 150 valence electrons. The van der Waals surface area contributed by atoms with Crippen molar-refractivity contribution >= 4 is 21.8 Å². The number of esters is 1. The van der Waals surface area contributed by atoms with Crippen molar-refractivity contribution in [2.75, 3.05) is 13.1 Å². The Morgan fingerprint density at radius 1 is 1.14 bits per heavy atom. The molecule has 9 heteroatoms. The first kappa shape index (κ1) is 20.2. The maximum absolute atomic E-state index is 13.0. The summed E-state index contributed by atoms with van der Waals surface area (Å²) in [5.41, 5.74) is 0.238. The number of halogens is 1. The minimum absolute atomic E-state index is 0.0152. The van der Waals surface area contributed by atoms with Crippen molar-refractivity contribution in [2.24, 2.45) is 7.05 Å². The number of hydrogen-bond acceptors (Lipinski definition) is 5. The van der Waals surface area contributed by atoms with E-state index in [0.29, 0.717) is 13.1 Å². The van der Waals surface area contributed by atoms with Gasteiger partial charge in [-0.05, 0) is 50.1 Å². The molecule has 1 saturated heterocycles. The molecule has 1 aliphatic heterocycles. The summed E-state index contributed by atoms with van der Waals surface area (Å²) in [7, 11) is -2.13. The SMILES string of the molecule is C[C@@H](OC(=O)c1cc(S(=O)(=O)N2CCCC2)cn1C)C(=O)c1ccc(F)cc1. The average molecular weight is 408 g/mol. The number of ether oxygens (including phenoxy) is 1. The highest BCUT2D eigenvalue weighted by Gasteiger charge is 2.30. The lowest BCUT2D eigenvalue weighted by Gasteiger charge is -2.13. The van der Waals surface area contributed by atoms with E-state index in [1.54, 1.807) is 0 Å². The first-order chi connectivity index (χ1) is 13.2. The monoisotopic (exact) mass is 408 g/mol. The van der Waals surface area contributed by atoms with E-state index >= 15 is 0 Å². The zero-order chi connectivity index (χ0) is 20.5. The summed E-state index contributed by atoms with van der Waals surface area (Å²) in [6.07, 6.45) is 1.87. The third-order valence-electron chi connectivity index (χ3n) is 4.67. The molecule has 0 aliphatic carbocycles. The number of aromatic nitrogens is 1. The van der Waals surface area contributed by atoms with Crippen LogP contribution in [0.2, 0.25) is 0 Å². The van der Waals surface area contributed by atoms with Gasteiger partial charge in [0.2, 0.25) is 15.8 Å². The molecule has 0 unspecified atom stereocenters. The fraction of sp³-hybridized carbons (Fsp3) is 0.368. The van der Waals surface area contributed by atoms with Crippen LogP contribution in [0.25, 0.3) is 0 Å². The van der Waals surface area contributed by atoms with Crippen molar-refractivity contribution < 1.29 is 27.1 Å². The molecule has 0 N–H and O–H groups in total. The molecular weight excluding hydrogens is 387 g/mol. The molecule has 1 fully saturated rings. The van der Waals surface area contributed by atoms with Crippen LogP contribution in [0.5, 0.6) is 0 Å². The van der Waals surface area contributed by atoms with E-state index in [1.165, 1.54) is 47.2 Å². The fourth-order valence-electron chi connectivity index (χ4n) is 3.08. The van der Waals surface area contributed by atoms with Crippen molar-refractivity contribution in [1.29, 1.82) is 0 Å². The van der Waals surface area contributed by atoms with E-state index in [2.05, 4.69) is 0 Å². The third kappa shape index (κ3) is 4.00. The van der Waals surface area contributed by atoms with Gasteiger partial charge in [-0.15, -0.1) is 0 Å². The van der Waals surface area contributed by atoms with Crippen LogP contribution >= 0.6 is 0 Å². The van der Waals surface area contributed by atoms with E-state index in [4.69, 9.17) is 4.74 Å². The van der Waals surface area contributed by atoms with Crippen LogP contribution in [0.1, 0.15) is 40.6 Å². The fourth-order valence-corrected chi connectivity index (χ4v) is 4.67. The highest BCUT2D eigenvalue weighted by atomic mass is 32.2. The maximum Gasteiger partial charge on any atom is 0.355 e. The number of benzene rings is 1. The molecule has 2 aromatic rings. The summed E-state index contributed by atoms with van der Waals surface area (Å²) in [4.78, 5) is 24.8. The molecule has 1 atom stereocenters. The molecule has 1 aromatic heterocycles. The molecule has 0 spiro atoms. The summed E-state index contributed by atoms with van der Waals surface area (Å²) in [6.45, 7) is 2.33. The molecule has 0 saturated carbocycles. The topological polar surface area (TPSA) is 85.7 Å². The standard InChI is InChI=1S/C19H21FN2O5S/c1-13(18(23)14-5-7-15(20)8-6-14)27-19(24)17-11-16(12-21(17)2)28(25,26)22-9-3-4-10-22/h5-8,11-13H,3-4,9-10H2,1-2H3/t13-/m1/s1. The minimum Gasteiger partial charge on any atom is -0.450 e. The summed E-state index contributed by atoms with van der Waals surface area (Å²) < 4.78 is 46.2. The van der Waals surface area contributed by atoms with Crippen LogP contribution < -0.4 is 0 Å². The Hall–Kier alpha value is -2.52. The van der Waals surface area contributed by atoms with Crippen LogP contribution in [0.15, 0.2) is 41.4 Å². The summed E-state index contributed by atoms with van der Waals surface area (Å²) in [6, 6.07) is 6.17. The number of sulfonamides is 1. The van der Waals surface area contributed by atoms with Crippen molar-refractivity contribution in [3.05, 3.63) is 53.6 Å². The van der Waals surface area contributed by atoms with Gasteiger partial charge in [0.25, 0.3) is 0 Å². The van der Waals surface area contributed by atoms with E-state index < -0.39 is 33.7 Å². The number of nitrogens with zero attached hydrogens (tertiary/aromatic N) is 2. The Bertz CT molecular complexity index is 992. The molecule has 2 heterocycles. The van der Waals surface area contributed by atoms with Gasteiger partial charge in [-0.1, -0.05) is 0 Å². The zero-order valence-electron chi connectivity index (χ0n) is 15.6. The summed E-state index contributed by atoms with van der Waals surface area (Å²) >= 11 is 0. The molecule has 3 rings (SSSR count). The smallest absolute Gasteiger partial charge is 0.355 e. The summed E-state index contributed by atoms with van der Waals surface area (Å²) in [5.74, 6) is -1.77. The van der Waals surface area contributed by atoms with E-state index in [-0.39, 0.29) is 16.2 Å². The molecule has 1 aromatic carbocycles. The van der Waals surface area contributed by atoms with Gasteiger partial charge in [0.15, 0.2) is 6.10 Å². The van der Waals surface area contributed by atoms with Crippen LogP contribution in [-0.2, 0) is 21.8 Å². The minimum atomic E-state index is -3.66. The van der Waals surface area contributed by atoms with Gasteiger partial charge in [-0.25, -0.2) is 17.6 Å². The molecule has 0 bridgehead atoms. The lowest BCUT2D eigenvalue weighted by molar-refractivity contribution is 0.0309. The molecule has 7 nitrogen and oxygen atoms in total. The van der Waals surface area contributed by atoms with Gasteiger partial charge in [0, 0.05) is 31.9 Å². The Morgan fingerprint density at radius 2 is 1.75 bits per heavy atom. The number of ketones is 1. The third-order valence-corrected chi connectivity index (χ3v) is 6.54. The predicted molar refractivity (Wildman–Crippen MR) is 99.0 cm³/mol. The first-order valence-electron chi connectivity index (χ1n) is 8.87. The Morgan fingerprint density at radius 3 is 2.36 bits per heavy atom. The highest BCUT2D eigenvalue weighted by molar-refractivity contribution is 7.89. The number of Topliss-reactive ketones (excluding diaryl/α,β-unsaturated/α-hetero) is 1. The lowest BCUT2D eigenvalue weighted by Crippen LogP contribution is -2.27. The predicted octanol–water partition coefficient (Wildman–Crippen LogP) is 2.38. The number of aryl methyl sites for hydroxylation is 1. The van der Waals surface area contributed by atoms with Gasteiger partial charge in [0.1, 0.15) is 16.4 Å². The number of carbonyl (C=O) groups excluding carboxylic acids is 2. The lowest BCUT2D eigenvalue weighted by atomic mass is 10.1. The largest absolute Gasteiger partial charge is 0.450 e. The van der Waals surface area contributed by atoms with E-state index in [0.717, 1.165) is 25.0 Å². The van der Waals surface area contributed by atoms with Gasteiger partial charge in [0.05, 0.1) is 0 Å². The average Bonchev–Trinajstić information content (AvgIpc) is 3.32. The van der Waals surface area contributed by atoms with Crippen molar-refractivity contribution in [1.82, 2.24) is 8.87 Å². The van der Waals surface area contributed by atoms with Crippen molar-refractivity contribution in [3.8, 4) is 0 Å². The normalized spacial score (nSPS) is 16.1. The highest BCUT2D eigenvalue weighted by Crippen LogP contribution is 2.23. The zero-order valence-corrected chi connectivity index (χ0v) is 16.4. The molecular formula is C19H21FN2O5S.